The zero-order valence-corrected chi connectivity index (χ0v) is 17.4. The largest absolute Gasteiger partial charge is 0.481 e. The Morgan fingerprint density at radius 1 is 1.14 bits per heavy atom. The van der Waals surface area contributed by atoms with Gasteiger partial charge >= 0.3 is 0 Å². The van der Waals surface area contributed by atoms with E-state index in [-0.39, 0.29) is 11.3 Å². The number of amides is 1. The summed E-state index contributed by atoms with van der Waals surface area (Å²) in [5.41, 5.74) is 3.33. The molecule has 29 heavy (non-hydrogen) atoms. The van der Waals surface area contributed by atoms with Crippen LogP contribution in [0.3, 0.4) is 0 Å². The van der Waals surface area contributed by atoms with Gasteiger partial charge in [0.15, 0.2) is 6.10 Å². The van der Waals surface area contributed by atoms with Crippen molar-refractivity contribution in [1.82, 2.24) is 20.1 Å². The van der Waals surface area contributed by atoms with Crippen molar-refractivity contribution in [2.75, 3.05) is 0 Å². The molecule has 3 aromatic rings. The van der Waals surface area contributed by atoms with E-state index < -0.39 is 6.10 Å². The van der Waals surface area contributed by atoms with E-state index in [9.17, 15) is 4.79 Å². The molecule has 1 atom stereocenters. The van der Waals surface area contributed by atoms with E-state index in [2.05, 4.69) is 42.2 Å². The standard InChI is InChI=1S/C23H28N4O2/c1-17(29-21-11-7-10-20(12-21)23(2,3)4)22(28)25-13-18-8-5-6-9-19(18)14-27-16-24-15-26-27/h5-12,15-17H,13-14H2,1-4H3,(H,25,28). The minimum Gasteiger partial charge on any atom is -0.481 e. The number of hydrogen-bond donors (Lipinski definition) is 1. The predicted molar refractivity (Wildman–Crippen MR) is 113 cm³/mol. The van der Waals surface area contributed by atoms with Gasteiger partial charge in [0.05, 0.1) is 6.54 Å². The van der Waals surface area contributed by atoms with Gasteiger partial charge in [0.25, 0.3) is 5.91 Å². The highest BCUT2D eigenvalue weighted by Crippen LogP contribution is 2.26. The maximum absolute atomic E-state index is 12.6. The van der Waals surface area contributed by atoms with E-state index in [0.29, 0.717) is 18.8 Å². The minimum atomic E-state index is -0.590. The lowest BCUT2D eigenvalue weighted by Crippen LogP contribution is -2.36. The fourth-order valence-electron chi connectivity index (χ4n) is 2.99. The Kier molecular flexibility index (Phi) is 6.32. The fourth-order valence-corrected chi connectivity index (χ4v) is 2.99. The summed E-state index contributed by atoms with van der Waals surface area (Å²) in [6.45, 7) is 9.26. The Labute approximate surface area is 171 Å². The molecule has 0 saturated carbocycles. The molecule has 0 aliphatic carbocycles. The van der Waals surface area contributed by atoms with Crippen LogP contribution in [0.25, 0.3) is 0 Å². The molecule has 6 heteroatoms. The molecule has 0 radical (unpaired) electrons. The lowest BCUT2D eigenvalue weighted by Gasteiger charge is -2.21. The Morgan fingerprint density at radius 3 is 2.59 bits per heavy atom. The second-order valence-corrected chi connectivity index (χ2v) is 8.12. The van der Waals surface area contributed by atoms with Gasteiger partial charge in [-0.25, -0.2) is 9.67 Å². The number of carbonyl (C=O) groups excluding carboxylic acids is 1. The third-order valence-corrected chi connectivity index (χ3v) is 4.75. The fraction of sp³-hybridized carbons (Fsp3) is 0.348. The first-order valence-corrected chi connectivity index (χ1v) is 9.77. The van der Waals surface area contributed by atoms with Gasteiger partial charge in [-0.05, 0) is 41.2 Å². The van der Waals surface area contributed by atoms with E-state index in [1.807, 2.05) is 42.5 Å². The van der Waals surface area contributed by atoms with Gasteiger partial charge in [0.1, 0.15) is 18.4 Å². The third-order valence-electron chi connectivity index (χ3n) is 4.75. The van der Waals surface area contributed by atoms with Crippen LogP contribution in [0.2, 0.25) is 0 Å². The quantitative estimate of drug-likeness (QED) is 0.666. The van der Waals surface area contributed by atoms with Gasteiger partial charge in [0, 0.05) is 6.54 Å². The molecule has 0 aliphatic heterocycles. The van der Waals surface area contributed by atoms with E-state index in [4.69, 9.17) is 4.74 Å². The number of aromatic nitrogens is 3. The first kappa shape index (κ1) is 20.6. The second kappa shape index (κ2) is 8.90. The Bertz CT molecular complexity index is 946. The highest BCUT2D eigenvalue weighted by Gasteiger charge is 2.18. The molecule has 1 amide bonds. The van der Waals surface area contributed by atoms with Crippen LogP contribution in [0.1, 0.15) is 44.4 Å². The lowest BCUT2D eigenvalue weighted by atomic mass is 9.87. The van der Waals surface area contributed by atoms with Crippen molar-refractivity contribution in [3.05, 3.63) is 77.9 Å². The second-order valence-electron chi connectivity index (χ2n) is 8.12. The zero-order chi connectivity index (χ0) is 20.9. The number of rotatable bonds is 7. The minimum absolute atomic E-state index is 0.0265. The molecule has 3 rings (SSSR count). The van der Waals surface area contributed by atoms with Crippen molar-refractivity contribution >= 4 is 5.91 Å². The average Bonchev–Trinajstić information content (AvgIpc) is 3.19. The van der Waals surface area contributed by atoms with Crippen LogP contribution in [0.15, 0.2) is 61.2 Å². The molecule has 6 nitrogen and oxygen atoms in total. The molecule has 0 aliphatic rings. The van der Waals surface area contributed by atoms with Crippen LogP contribution in [0, 0.1) is 0 Å². The summed E-state index contributed by atoms with van der Waals surface area (Å²) in [6, 6.07) is 15.9. The van der Waals surface area contributed by atoms with Crippen molar-refractivity contribution in [3.8, 4) is 5.75 Å². The van der Waals surface area contributed by atoms with E-state index in [0.717, 1.165) is 11.1 Å². The molecule has 0 spiro atoms. The van der Waals surface area contributed by atoms with Crippen molar-refractivity contribution in [2.45, 2.75) is 52.3 Å². The van der Waals surface area contributed by atoms with Crippen molar-refractivity contribution in [1.29, 1.82) is 0 Å². The van der Waals surface area contributed by atoms with Crippen molar-refractivity contribution in [2.24, 2.45) is 0 Å². The average molecular weight is 393 g/mol. The Morgan fingerprint density at radius 2 is 1.90 bits per heavy atom. The van der Waals surface area contributed by atoms with Gasteiger partial charge in [0.2, 0.25) is 0 Å². The van der Waals surface area contributed by atoms with Gasteiger partial charge in [-0.3, -0.25) is 4.79 Å². The summed E-state index contributed by atoms with van der Waals surface area (Å²) in [7, 11) is 0. The maximum atomic E-state index is 12.6. The first-order chi connectivity index (χ1) is 13.8. The molecule has 152 valence electrons. The van der Waals surface area contributed by atoms with E-state index >= 15 is 0 Å². The number of ether oxygens (including phenoxy) is 1. The number of benzene rings is 2. The summed E-state index contributed by atoms with van der Waals surface area (Å²) >= 11 is 0. The molecule has 1 N–H and O–H groups in total. The Balaban J connectivity index is 1.60. The van der Waals surface area contributed by atoms with Gasteiger partial charge < -0.3 is 10.1 Å². The maximum Gasteiger partial charge on any atom is 0.261 e. The molecule has 1 heterocycles. The molecular weight excluding hydrogens is 364 g/mol. The summed E-state index contributed by atoms with van der Waals surface area (Å²) in [6.07, 6.45) is 2.60. The summed E-state index contributed by atoms with van der Waals surface area (Å²) in [5, 5.41) is 7.12. The van der Waals surface area contributed by atoms with Gasteiger partial charge in [-0.2, -0.15) is 5.10 Å². The monoisotopic (exact) mass is 392 g/mol. The summed E-state index contributed by atoms with van der Waals surface area (Å²) < 4.78 is 7.64. The normalized spacial score (nSPS) is 12.4. The zero-order valence-electron chi connectivity index (χ0n) is 17.4. The summed E-state index contributed by atoms with van der Waals surface area (Å²) in [5.74, 6) is 0.549. The predicted octanol–water partition coefficient (Wildman–Crippen LogP) is 3.71. The van der Waals surface area contributed by atoms with Crippen LogP contribution >= 0.6 is 0 Å². The molecule has 2 aromatic carbocycles. The van der Waals surface area contributed by atoms with E-state index in [1.165, 1.54) is 11.9 Å². The molecule has 1 unspecified atom stereocenters. The third kappa shape index (κ3) is 5.67. The topological polar surface area (TPSA) is 69.0 Å². The van der Waals surface area contributed by atoms with Crippen LogP contribution < -0.4 is 10.1 Å². The van der Waals surface area contributed by atoms with E-state index in [1.54, 1.807) is 17.9 Å². The lowest BCUT2D eigenvalue weighted by molar-refractivity contribution is -0.127. The van der Waals surface area contributed by atoms with Crippen LogP contribution in [0.5, 0.6) is 5.75 Å². The Hall–Kier alpha value is -3.15. The van der Waals surface area contributed by atoms with Gasteiger partial charge in [-0.15, -0.1) is 0 Å². The number of nitrogens with zero attached hydrogens (tertiary/aromatic N) is 3. The highest BCUT2D eigenvalue weighted by atomic mass is 16.5. The van der Waals surface area contributed by atoms with Crippen LogP contribution in [-0.2, 0) is 23.3 Å². The number of carbonyl (C=O) groups is 1. The van der Waals surface area contributed by atoms with Gasteiger partial charge in [-0.1, -0.05) is 57.2 Å². The van der Waals surface area contributed by atoms with Crippen molar-refractivity contribution in [3.63, 3.8) is 0 Å². The summed E-state index contributed by atoms with van der Waals surface area (Å²) in [4.78, 5) is 16.5. The molecule has 0 saturated heterocycles. The number of nitrogens with one attached hydrogen (secondary N) is 1. The molecule has 0 bridgehead atoms. The smallest absolute Gasteiger partial charge is 0.261 e. The van der Waals surface area contributed by atoms with Crippen molar-refractivity contribution < 1.29 is 9.53 Å². The molecular formula is C23H28N4O2. The van der Waals surface area contributed by atoms with Crippen LogP contribution in [0.4, 0.5) is 0 Å². The van der Waals surface area contributed by atoms with Crippen LogP contribution in [-0.4, -0.2) is 26.8 Å². The first-order valence-electron chi connectivity index (χ1n) is 9.77. The molecule has 0 fully saturated rings. The highest BCUT2D eigenvalue weighted by molar-refractivity contribution is 5.80. The molecule has 1 aromatic heterocycles. The SMILES string of the molecule is CC(Oc1cccc(C(C)(C)C)c1)C(=O)NCc1ccccc1Cn1cncn1. The number of hydrogen-bond acceptors (Lipinski definition) is 4.